The van der Waals surface area contributed by atoms with Crippen molar-refractivity contribution in [3.8, 4) is 0 Å². The van der Waals surface area contributed by atoms with E-state index in [-0.39, 0.29) is 17.3 Å². The minimum Gasteiger partial charge on any atom is -0.327 e. The summed E-state index contributed by atoms with van der Waals surface area (Å²) < 4.78 is 14.1. The third-order valence-electron chi connectivity index (χ3n) is 3.86. The molecule has 0 saturated heterocycles. The van der Waals surface area contributed by atoms with E-state index in [1.807, 2.05) is 24.3 Å². The molecule has 0 aliphatic heterocycles. The molecule has 0 saturated carbocycles. The van der Waals surface area contributed by atoms with E-state index in [2.05, 4.69) is 41.9 Å². The van der Waals surface area contributed by atoms with Gasteiger partial charge in [0.1, 0.15) is 5.82 Å². The Bertz CT molecular complexity index is 578. The van der Waals surface area contributed by atoms with Crippen molar-refractivity contribution >= 4 is 15.9 Å². The van der Waals surface area contributed by atoms with Crippen LogP contribution < -0.4 is 5.73 Å². The Hall–Kier alpha value is -1.19. The first-order valence-electron chi connectivity index (χ1n) is 6.65. The van der Waals surface area contributed by atoms with Crippen molar-refractivity contribution in [2.45, 2.75) is 31.7 Å². The molecule has 20 heavy (non-hydrogen) atoms. The van der Waals surface area contributed by atoms with Crippen molar-refractivity contribution in [1.82, 2.24) is 0 Å². The maximum absolute atomic E-state index is 13.0. The van der Waals surface area contributed by atoms with E-state index >= 15 is 0 Å². The van der Waals surface area contributed by atoms with Crippen molar-refractivity contribution in [1.29, 1.82) is 0 Å². The number of hydrogen-bond acceptors (Lipinski definition) is 1. The van der Waals surface area contributed by atoms with Gasteiger partial charge in [0.15, 0.2) is 0 Å². The molecule has 2 rings (SSSR count). The van der Waals surface area contributed by atoms with Gasteiger partial charge >= 0.3 is 0 Å². The number of halogens is 2. The van der Waals surface area contributed by atoms with Gasteiger partial charge in [-0.25, -0.2) is 4.39 Å². The van der Waals surface area contributed by atoms with Crippen molar-refractivity contribution in [2.24, 2.45) is 5.73 Å². The van der Waals surface area contributed by atoms with Gasteiger partial charge in [0.2, 0.25) is 0 Å². The lowest BCUT2D eigenvalue weighted by atomic mass is 9.76. The summed E-state index contributed by atoms with van der Waals surface area (Å²) in [6, 6.07) is 14.7. The van der Waals surface area contributed by atoms with Crippen molar-refractivity contribution < 1.29 is 4.39 Å². The van der Waals surface area contributed by atoms with E-state index in [4.69, 9.17) is 5.73 Å². The highest BCUT2D eigenvalue weighted by molar-refractivity contribution is 9.10. The summed E-state index contributed by atoms with van der Waals surface area (Å²) in [5.74, 6) is -0.217. The van der Waals surface area contributed by atoms with Crippen LogP contribution >= 0.6 is 15.9 Å². The van der Waals surface area contributed by atoms with Gasteiger partial charge in [-0.2, -0.15) is 0 Å². The Kier molecular flexibility index (Phi) is 4.61. The third-order valence-corrected chi connectivity index (χ3v) is 4.35. The van der Waals surface area contributed by atoms with Crippen LogP contribution in [0.15, 0.2) is 53.0 Å². The standard InChI is InChI=1S/C17H19BrFN/c1-17(2,13-6-8-15(19)9-7-13)16(20)11-12-4-3-5-14(18)10-12/h3-10,16H,11,20H2,1-2H3. The maximum atomic E-state index is 13.0. The Balaban J connectivity index is 2.18. The summed E-state index contributed by atoms with van der Waals surface area (Å²) in [4.78, 5) is 0. The fraction of sp³-hybridized carbons (Fsp3) is 0.294. The van der Waals surface area contributed by atoms with Crippen LogP contribution in [0.1, 0.15) is 25.0 Å². The molecule has 1 nitrogen and oxygen atoms in total. The molecule has 0 fully saturated rings. The van der Waals surface area contributed by atoms with Gasteiger partial charge in [0.25, 0.3) is 0 Å². The summed E-state index contributed by atoms with van der Waals surface area (Å²) in [6.07, 6.45) is 0.782. The van der Waals surface area contributed by atoms with Crippen LogP contribution in [0.5, 0.6) is 0 Å². The molecule has 2 aromatic rings. The topological polar surface area (TPSA) is 26.0 Å². The molecule has 0 spiro atoms. The van der Waals surface area contributed by atoms with Gasteiger partial charge in [-0.3, -0.25) is 0 Å². The Labute approximate surface area is 128 Å². The highest BCUT2D eigenvalue weighted by atomic mass is 79.9. The van der Waals surface area contributed by atoms with Gasteiger partial charge in [-0.15, -0.1) is 0 Å². The third kappa shape index (κ3) is 3.47. The average molecular weight is 336 g/mol. The van der Waals surface area contributed by atoms with Crippen LogP contribution in [-0.4, -0.2) is 6.04 Å². The summed E-state index contributed by atoms with van der Waals surface area (Å²) in [5.41, 5.74) is 8.44. The van der Waals surface area contributed by atoms with Gasteiger partial charge in [-0.05, 0) is 41.8 Å². The van der Waals surface area contributed by atoms with E-state index in [1.54, 1.807) is 0 Å². The fourth-order valence-electron chi connectivity index (χ4n) is 2.27. The molecule has 0 aromatic heterocycles. The van der Waals surface area contributed by atoms with Crippen LogP contribution in [0.2, 0.25) is 0 Å². The van der Waals surface area contributed by atoms with Crippen LogP contribution in [0.25, 0.3) is 0 Å². The monoisotopic (exact) mass is 335 g/mol. The number of benzene rings is 2. The summed E-state index contributed by atoms with van der Waals surface area (Å²) in [7, 11) is 0. The minimum atomic E-state index is -0.217. The van der Waals surface area contributed by atoms with Crippen molar-refractivity contribution in [3.63, 3.8) is 0 Å². The van der Waals surface area contributed by atoms with Crippen molar-refractivity contribution in [2.75, 3.05) is 0 Å². The smallest absolute Gasteiger partial charge is 0.123 e. The molecule has 2 aromatic carbocycles. The van der Waals surface area contributed by atoms with Gasteiger partial charge < -0.3 is 5.73 Å². The molecule has 1 unspecified atom stereocenters. The Morgan fingerprint density at radius 1 is 1.15 bits per heavy atom. The van der Waals surface area contributed by atoms with E-state index < -0.39 is 0 Å². The van der Waals surface area contributed by atoms with Gasteiger partial charge in [0, 0.05) is 15.9 Å². The molecule has 106 valence electrons. The predicted molar refractivity (Wildman–Crippen MR) is 85.2 cm³/mol. The van der Waals surface area contributed by atoms with E-state index in [1.165, 1.54) is 17.7 Å². The minimum absolute atomic E-state index is 0.0396. The summed E-state index contributed by atoms with van der Waals surface area (Å²) in [5, 5.41) is 0. The van der Waals surface area contributed by atoms with Crippen molar-refractivity contribution in [3.05, 3.63) is 69.9 Å². The normalized spacial score (nSPS) is 13.2. The molecule has 0 aliphatic rings. The molecule has 0 heterocycles. The lowest BCUT2D eigenvalue weighted by Crippen LogP contribution is -2.42. The predicted octanol–water partition coefficient (Wildman–Crippen LogP) is 4.44. The van der Waals surface area contributed by atoms with Gasteiger partial charge in [-0.1, -0.05) is 54.0 Å². The molecule has 2 N–H and O–H groups in total. The van der Waals surface area contributed by atoms with Crippen LogP contribution in [0.3, 0.4) is 0 Å². The zero-order valence-corrected chi connectivity index (χ0v) is 13.3. The maximum Gasteiger partial charge on any atom is 0.123 e. The lowest BCUT2D eigenvalue weighted by Gasteiger charge is -2.32. The molecular formula is C17H19BrFN. The number of rotatable bonds is 4. The summed E-state index contributed by atoms with van der Waals surface area (Å²) in [6.45, 7) is 4.20. The fourth-order valence-corrected chi connectivity index (χ4v) is 2.71. The van der Waals surface area contributed by atoms with E-state index in [9.17, 15) is 4.39 Å². The average Bonchev–Trinajstić information content (AvgIpc) is 2.39. The molecule has 0 bridgehead atoms. The first-order valence-corrected chi connectivity index (χ1v) is 7.45. The molecule has 1 atom stereocenters. The molecular weight excluding hydrogens is 317 g/mol. The molecule has 0 radical (unpaired) electrons. The number of hydrogen-bond donors (Lipinski definition) is 1. The molecule has 0 amide bonds. The quantitative estimate of drug-likeness (QED) is 0.878. The second-order valence-corrected chi connectivity index (χ2v) is 6.58. The Morgan fingerprint density at radius 3 is 2.40 bits per heavy atom. The van der Waals surface area contributed by atoms with E-state index in [0.717, 1.165) is 16.5 Å². The summed E-state index contributed by atoms with van der Waals surface area (Å²) >= 11 is 3.47. The second kappa shape index (κ2) is 6.06. The Morgan fingerprint density at radius 2 is 1.80 bits per heavy atom. The molecule has 0 aliphatic carbocycles. The first kappa shape index (κ1) is 15.2. The van der Waals surface area contributed by atoms with Crippen LogP contribution in [-0.2, 0) is 11.8 Å². The lowest BCUT2D eigenvalue weighted by molar-refractivity contribution is 0.406. The highest BCUT2D eigenvalue weighted by Crippen LogP contribution is 2.28. The number of nitrogens with two attached hydrogens (primary N) is 1. The zero-order chi connectivity index (χ0) is 14.8. The van der Waals surface area contributed by atoms with Crippen LogP contribution in [0, 0.1) is 5.82 Å². The second-order valence-electron chi connectivity index (χ2n) is 5.67. The largest absolute Gasteiger partial charge is 0.327 e. The first-order chi connectivity index (χ1) is 9.39. The van der Waals surface area contributed by atoms with Gasteiger partial charge in [0.05, 0.1) is 0 Å². The SMILES string of the molecule is CC(C)(c1ccc(F)cc1)C(N)Cc1cccc(Br)c1. The molecule has 3 heteroatoms. The van der Waals surface area contributed by atoms with Crippen LogP contribution in [0.4, 0.5) is 4.39 Å². The van der Waals surface area contributed by atoms with E-state index in [0.29, 0.717) is 0 Å². The highest BCUT2D eigenvalue weighted by Gasteiger charge is 2.28. The zero-order valence-electron chi connectivity index (χ0n) is 11.7.